The van der Waals surface area contributed by atoms with Gasteiger partial charge in [-0.15, -0.1) is 0 Å². The van der Waals surface area contributed by atoms with E-state index in [1.165, 1.54) is 33.8 Å². The molecule has 48 heavy (non-hydrogen) atoms. The molecule has 1 aromatic heterocycles. The molecule has 5 heterocycles. The number of rotatable bonds is 6. The first kappa shape index (κ1) is 30.9. The van der Waals surface area contributed by atoms with Crippen LogP contribution in [0.4, 0.5) is 9.59 Å². The summed E-state index contributed by atoms with van der Waals surface area (Å²) < 4.78 is 22.8. The van der Waals surface area contributed by atoms with E-state index in [0.717, 1.165) is 5.56 Å². The molecule has 0 N–H and O–H groups in total. The first-order valence-corrected chi connectivity index (χ1v) is 15.6. The quantitative estimate of drug-likeness (QED) is 0.291. The van der Waals surface area contributed by atoms with Crippen LogP contribution in [0.25, 0.3) is 0 Å². The van der Waals surface area contributed by atoms with Crippen molar-refractivity contribution in [3.05, 3.63) is 88.2 Å². The number of esters is 2. The summed E-state index contributed by atoms with van der Waals surface area (Å²) in [5, 5.41) is 0. The number of hydrogen-bond acceptors (Lipinski definition) is 9. The molecule has 0 bridgehead atoms. The zero-order valence-corrected chi connectivity index (χ0v) is 26.9. The third kappa shape index (κ3) is 3.95. The van der Waals surface area contributed by atoms with Crippen LogP contribution in [0.2, 0.25) is 0 Å². The molecule has 2 fully saturated rings. The third-order valence-electron chi connectivity index (χ3n) is 9.45. The highest BCUT2D eigenvalue weighted by Gasteiger charge is 2.87. The van der Waals surface area contributed by atoms with Crippen molar-refractivity contribution in [1.82, 2.24) is 24.6 Å². The summed E-state index contributed by atoms with van der Waals surface area (Å²) in [6.07, 6.45) is 3.29. The molecule has 0 saturated carbocycles. The Morgan fingerprint density at radius 3 is 1.71 bits per heavy atom. The molecular weight excluding hydrogens is 618 g/mol. The number of pyridine rings is 1. The predicted molar refractivity (Wildman–Crippen MR) is 168 cm³/mol. The van der Waals surface area contributed by atoms with E-state index >= 15 is 4.79 Å². The van der Waals surface area contributed by atoms with Crippen LogP contribution < -0.4 is 9.47 Å². The molecule has 0 unspecified atom stereocenters. The molecule has 13 heteroatoms. The van der Waals surface area contributed by atoms with Crippen LogP contribution in [0.15, 0.2) is 54.9 Å². The second-order valence-electron chi connectivity index (χ2n) is 11.6. The minimum absolute atomic E-state index is 0.0684. The summed E-state index contributed by atoms with van der Waals surface area (Å²) in [7, 11) is 2.99. The highest BCUT2D eigenvalue weighted by atomic mass is 16.6. The number of ether oxygens (including phenoxy) is 4. The van der Waals surface area contributed by atoms with Crippen molar-refractivity contribution in [2.24, 2.45) is 0 Å². The van der Waals surface area contributed by atoms with Gasteiger partial charge in [0.1, 0.15) is 11.5 Å². The SMILES string of the molecule is CCOC(=O)[C@]12N3Cc4c(OC)ccc(OC)c4CN1C(=O)N1Cc4c(C#Cc5ccncc5)cccc4CN(C3=O)[C@]12C(=O)OCC. The summed E-state index contributed by atoms with van der Waals surface area (Å²) >= 11 is 0. The van der Waals surface area contributed by atoms with Gasteiger partial charge in [-0.3, -0.25) is 24.6 Å². The van der Waals surface area contributed by atoms with Crippen LogP contribution in [0, 0.1) is 11.8 Å². The second-order valence-corrected chi connectivity index (χ2v) is 11.6. The highest BCUT2D eigenvalue weighted by molar-refractivity contribution is 6.10. The topological polar surface area (TPSA) is 131 Å². The molecule has 13 nitrogen and oxygen atoms in total. The van der Waals surface area contributed by atoms with E-state index in [-0.39, 0.29) is 39.4 Å². The number of urea groups is 2. The molecule has 2 atom stereocenters. The van der Waals surface area contributed by atoms with Crippen molar-refractivity contribution < 1.29 is 38.1 Å². The molecule has 3 aromatic rings. The molecule has 246 valence electrons. The van der Waals surface area contributed by atoms with E-state index in [1.54, 1.807) is 50.5 Å². The maximum atomic E-state index is 15.0. The van der Waals surface area contributed by atoms with E-state index in [2.05, 4.69) is 16.8 Å². The van der Waals surface area contributed by atoms with Crippen LogP contribution in [0.1, 0.15) is 47.2 Å². The van der Waals surface area contributed by atoms with Gasteiger partial charge in [0.05, 0.1) is 53.6 Å². The first-order valence-electron chi connectivity index (χ1n) is 15.6. The lowest BCUT2D eigenvalue weighted by atomic mass is 9.90. The van der Waals surface area contributed by atoms with Gasteiger partial charge >= 0.3 is 24.0 Å². The number of carbonyl (C=O) groups excluding carboxylic acids is 4. The van der Waals surface area contributed by atoms with Crippen LogP contribution in [-0.2, 0) is 45.2 Å². The fraction of sp³-hybridized carbons (Fsp3) is 0.343. The second kappa shape index (κ2) is 11.5. The van der Waals surface area contributed by atoms with E-state index in [4.69, 9.17) is 18.9 Å². The summed E-state index contributed by atoms with van der Waals surface area (Å²) in [6, 6.07) is 11.1. The number of methoxy groups -OCH3 is 2. The summed E-state index contributed by atoms with van der Waals surface area (Å²) in [4.78, 5) is 68.4. The lowest BCUT2D eigenvalue weighted by Gasteiger charge is -2.43. The molecule has 4 amide bonds. The fourth-order valence-corrected chi connectivity index (χ4v) is 7.49. The Labute approximate surface area is 276 Å². The van der Waals surface area contributed by atoms with Crippen molar-refractivity contribution in [1.29, 1.82) is 0 Å². The number of benzene rings is 2. The van der Waals surface area contributed by atoms with E-state index in [9.17, 15) is 14.4 Å². The fourth-order valence-electron chi connectivity index (χ4n) is 7.49. The number of nitrogens with zero attached hydrogens (tertiary/aromatic N) is 5. The molecule has 7 rings (SSSR count). The third-order valence-corrected chi connectivity index (χ3v) is 9.45. The van der Waals surface area contributed by atoms with Gasteiger partial charge in [-0.2, -0.15) is 0 Å². The Bertz CT molecular complexity index is 1920. The average molecular weight is 652 g/mol. The number of fused-ring (bicyclic) bond motifs is 2. The Kier molecular flexibility index (Phi) is 7.38. The maximum absolute atomic E-state index is 15.0. The van der Waals surface area contributed by atoms with E-state index in [0.29, 0.717) is 39.3 Å². The van der Waals surface area contributed by atoms with E-state index < -0.39 is 35.3 Å². The molecule has 0 radical (unpaired) electrons. The van der Waals surface area contributed by atoms with Crippen molar-refractivity contribution in [2.75, 3.05) is 27.4 Å². The normalized spacial score (nSPS) is 21.7. The van der Waals surface area contributed by atoms with Crippen LogP contribution in [0.5, 0.6) is 11.5 Å². The minimum Gasteiger partial charge on any atom is -0.496 e. The molecule has 2 saturated heterocycles. The molecule has 4 aliphatic rings. The minimum atomic E-state index is -2.27. The predicted octanol–water partition coefficient (Wildman–Crippen LogP) is 3.22. The maximum Gasteiger partial charge on any atom is 0.358 e. The molecule has 4 aliphatic heterocycles. The Balaban J connectivity index is 1.51. The highest BCUT2D eigenvalue weighted by Crippen LogP contribution is 2.58. The van der Waals surface area contributed by atoms with Gasteiger partial charge in [-0.05, 0) is 55.3 Å². The largest absolute Gasteiger partial charge is 0.496 e. The average Bonchev–Trinajstić information content (AvgIpc) is 3.26. The Morgan fingerprint density at radius 1 is 0.708 bits per heavy atom. The smallest absolute Gasteiger partial charge is 0.358 e. The number of carbonyl (C=O) groups is 4. The Morgan fingerprint density at radius 2 is 1.21 bits per heavy atom. The van der Waals surface area contributed by atoms with Gasteiger partial charge in [-0.25, -0.2) is 19.2 Å². The number of amides is 4. The molecular formula is C35H33N5O8. The van der Waals surface area contributed by atoms with Crippen LogP contribution in [0.3, 0.4) is 0 Å². The number of hydrogen-bond donors (Lipinski definition) is 0. The van der Waals surface area contributed by atoms with Gasteiger partial charge < -0.3 is 18.9 Å². The van der Waals surface area contributed by atoms with Crippen molar-refractivity contribution in [3.8, 4) is 23.3 Å². The summed E-state index contributed by atoms with van der Waals surface area (Å²) in [6.45, 7) is 2.47. The zero-order valence-electron chi connectivity index (χ0n) is 26.9. The van der Waals surface area contributed by atoms with E-state index in [1.807, 2.05) is 18.2 Å². The van der Waals surface area contributed by atoms with Crippen molar-refractivity contribution >= 4 is 24.0 Å². The van der Waals surface area contributed by atoms with Crippen LogP contribution >= 0.6 is 0 Å². The summed E-state index contributed by atoms with van der Waals surface area (Å²) in [5.41, 5.74) is -0.826. The van der Waals surface area contributed by atoms with Gasteiger partial charge in [-0.1, -0.05) is 24.0 Å². The van der Waals surface area contributed by atoms with Gasteiger partial charge in [0.15, 0.2) is 0 Å². The van der Waals surface area contributed by atoms with Crippen molar-refractivity contribution in [3.63, 3.8) is 0 Å². The lowest BCUT2D eigenvalue weighted by Crippen LogP contribution is -2.75. The lowest BCUT2D eigenvalue weighted by molar-refractivity contribution is -0.191. The summed E-state index contributed by atoms with van der Waals surface area (Å²) in [5.74, 6) is 5.34. The first-order chi connectivity index (χ1) is 23.3. The van der Waals surface area contributed by atoms with Crippen molar-refractivity contribution in [2.45, 2.75) is 51.4 Å². The van der Waals surface area contributed by atoms with Gasteiger partial charge in [0.2, 0.25) is 0 Å². The van der Waals surface area contributed by atoms with Crippen LogP contribution in [-0.4, -0.2) is 87.3 Å². The monoisotopic (exact) mass is 651 g/mol. The van der Waals surface area contributed by atoms with Gasteiger partial charge in [0.25, 0.3) is 11.3 Å². The zero-order chi connectivity index (χ0) is 33.8. The molecule has 0 aliphatic carbocycles. The standard InChI is InChI=1S/C35H33N5O8/c1-5-47-30(41)34-35(31(42)48-6-2)39-20-26-27(29(46-4)13-12-28(26)45-3)21-40(35)33(44)38(34)19-25-23(11-10-22-14-16-36-17-15-22)8-7-9-24(25)18-37(34)32(39)43/h7-9,12-17H,5-6,18-21H2,1-4H3/t34-,35+/m1/s1. The number of aromatic nitrogens is 1. The van der Waals surface area contributed by atoms with Gasteiger partial charge in [0, 0.05) is 34.6 Å². The molecule has 2 aromatic carbocycles. The Hall–Kier alpha value is -5.77. The molecule has 0 spiro atoms.